The van der Waals surface area contributed by atoms with Gasteiger partial charge in [-0.3, -0.25) is 0 Å². The van der Waals surface area contributed by atoms with Crippen LogP contribution in [-0.2, 0) is 6.54 Å². The van der Waals surface area contributed by atoms with Crippen LogP contribution in [0.15, 0.2) is 18.5 Å². The van der Waals surface area contributed by atoms with Gasteiger partial charge in [0.05, 0.1) is 6.54 Å². The van der Waals surface area contributed by atoms with E-state index in [9.17, 15) is 0 Å². The summed E-state index contributed by atoms with van der Waals surface area (Å²) in [4.78, 5) is 8.46. The van der Waals surface area contributed by atoms with E-state index in [2.05, 4.69) is 22.2 Å². The molecule has 1 saturated carbocycles. The van der Waals surface area contributed by atoms with E-state index < -0.39 is 0 Å². The molecule has 0 spiro atoms. The number of hydrogen-bond acceptors (Lipinski definition) is 3. The van der Waals surface area contributed by atoms with Crippen molar-refractivity contribution < 1.29 is 0 Å². The van der Waals surface area contributed by atoms with Crippen LogP contribution < -0.4 is 5.32 Å². The quantitative estimate of drug-likeness (QED) is 0.794. The maximum absolute atomic E-state index is 4.23. The Labute approximate surface area is 97.7 Å². The van der Waals surface area contributed by atoms with Crippen molar-refractivity contribution in [3.63, 3.8) is 0 Å². The molecule has 1 aromatic rings. The van der Waals surface area contributed by atoms with Crippen LogP contribution in [0, 0.1) is 5.92 Å². The molecule has 0 aliphatic heterocycles. The third-order valence-electron chi connectivity index (χ3n) is 3.43. The summed E-state index contributed by atoms with van der Waals surface area (Å²) >= 11 is 0. The minimum atomic E-state index is 0.661. The molecule has 88 valence electrons. The first-order valence-corrected chi connectivity index (χ1v) is 6.34. The van der Waals surface area contributed by atoms with Crippen LogP contribution in [-0.4, -0.2) is 16.0 Å². The van der Waals surface area contributed by atoms with E-state index in [1.54, 1.807) is 12.4 Å². The van der Waals surface area contributed by atoms with Crippen molar-refractivity contribution in [2.75, 3.05) is 0 Å². The zero-order valence-corrected chi connectivity index (χ0v) is 10.0. The number of hydrogen-bond donors (Lipinski definition) is 1. The van der Waals surface area contributed by atoms with Crippen LogP contribution in [0.25, 0.3) is 0 Å². The molecule has 0 radical (unpaired) electrons. The SMILES string of the molecule is CC1CCCC(NCc2ncccn2)CC1. The summed E-state index contributed by atoms with van der Waals surface area (Å²) in [6, 6.07) is 2.52. The molecule has 2 atom stereocenters. The van der Waals surface area contributed by atoms with Gasteiger partial charge in [-0.1, -0.05) is 19.8 Å². The molecule has 1 aromatic heterocycles. The minimum Gasteiger partial charge on any atom is -0.307 e. The lowest BCUT2D eigenvalue weighted by molar-refractivity contribution is 0.442. The van der Waals surface area contributed by atoms with Gasteiger partial charge in [0.2, 0.25) is 0 Å². The molecule has 1 aliphatic rings. The van der Waals surface area contributed by atoms with E-state index in [0.717, 1.165) is 18.3 Å². The summed E-state index contributed by atoms with van der Waals surface area (Å²) in [5, 5.41) is 3.57. The van der Waals surface area contributed by atoms with E-state index in [0.29, 0.717) is 6.04 Å². The smallest absolute Gasteiger partial charge is 0.141 e. The van der Waals surface area contributed by atoms with Gasteiger partial charge in [0.25, 0.3) is 0 Å². The highest BCUT2D eigenvalue weighted by Gasteiger charge is 2.15. The molecule has 16 heavy (non-hydrogen) atoms. The van der Waals surface area contributed by atoms with Crippen LogP contribution in [0.4, 0.5) is 0 Å². The van der Waals surface area contributed by atoms with E-state index in [1.165, 1.54) is 32.1 Å². The van der Waals surface area contributed by atoms with Crippen molar-refractivity contribution in [2.24, 2.45) is 5.92 Å². The Bertz CT molecular complexity index is 299. The van der Waals surface area contributed by atoms with Crippen molar-refractivity contribution in [1.29, 1.82) is 0 Å². The van der Waals surface area contributed by atoms with Gasteiger partial charge in [0.1, 0.15) is 5.82 Å². The lowest BCUT2D eigenvalue weighted by Gasteiger charge is -2.15. The highest BCUT2D eigenvalue weighted by molar-refractivity contribution is 4.88. The summed E-state index contributed by atoms with van der Waals surface area (Å²) in [6.07, 6.45) is 10.3. The molecule has 1 N–H and O–H groups in total. The number of nitrogens with one attached hydrogen (secondary N) is 1. The van der Waals surface area contributed by atoms with Gasteiger partial charge >= 0.3 is 0 Å². The lowest BCUT2D eigenvalue weighted by Crippen LogP contribution is -2.28. The number of aromatic nitrogens is 2. The van der Waals surface area contributed by atoms with E-state index in [1.807, 2.05) is 6.07 Å². The molecular weight excluding hydrogens is 198 g/mol. The van der Waals surface area contributed by atoms with Crippen molar-refractivity contribution in [1.82, 2.24) is 15.3 Å². The maximum atomic E-state index is 4.23. The molecule has 2 unspecified atom stereocenters. The zero-order chi connectivity index (χ0) is 11.2. The second kappa shape index (κ2) is 5.94. The fraction of sp³-hybridized carbons (Fsp3) is 0.692. The predicted octanol–water partition coefficient (Wildman–Crippen LogP) is 2.54. The highest BCUT2D eigenvalue weighted by Crippen LogP contribution is 2.22. The minimum absolute atomic E-state index is 0.661. The summed E-state index contributed by atoms with van der Waals surface area (Å²) in [5.74, 6) is 1.81. The van der Waals surface area contributed by atoms with Crippen molar-refractivity contribution >= 4 is 0 Å². The first-order valence-electron chi connectivity index (χ1n) is 6.34. The van der Waals surface area contributed by atoms with E-state index in [-0.39, 0.29) is 0 Å². The number of nitrogens with zero attached hydrogens (tertiary/aromatic N) is 2. The first kappa shape index (κ1) is 11.5. The average molecular weight is 219 g/mol. The molecule has 0 amide bonds. The van der Waals surface area contributed by atoms with Gasteiger partial charge < -0.3 is 5.32 Å². The second-order valence-corrected chi connectivity index (χ2v) is 4.86. The van der Waals surface area contributed by atoms with Crippen molar-refractivity contribution in [3.8, 4) is 0 Å². The standard InChI is InChI=1S/C13H21N3/c1-11-4-2-5-12(7-6-11)16-10-13-14-8-3-9-15-13/h3,8-9,11-12,16H,2,4-7,10H2,1H3. The third-order valence-corrected chi connectivity index (χ3v) is 3.43. The monoisotopic (exact) mass is 219 g/mol. The van der Waals surface area contributed by atoms with Crippen LogP contribution in [0.1, 0.15) is 44.9 Å². The zero-order valence-electron chi connectivity index (χ0n) is 10.0. The molecule has 1 fully saturated rings. The molecule has 0 aromatic carbocycles. The lowest BCUT2D eigenvalue weighted by atomic mass is 10.0. The van der Waals surface area contributed by atoms with Crippen LogP contribution in [0.5, 0.6) is 0 Å². The number of rotatable bonds is 3. The molecule has 0 bridgehead atoms. The van der Waals surface area contributed by atoms with E-state index >= 15 is 0 Å². The molecule has 0 saturated heterocycles. The topological polar surface area (TPSA) is 37.8 Å². The second-order valence-electron chi connectivity index (χ2n) is 4.86. The molecular formula is C13H21N3. The van der Waals surface area contributed by atoms with Gasteiger partial charge in [0.15, 0.2) is 0 Å². The first-order chi connectivity index (χ1) is 7.84. The Morgan fingerprint density at radius 3 is 2.81 bits per heavy atom. The summed E-state index contributed by atoms with van der Waals surface area (Å²) in [6.45, 7) is 3.17. The van der Waals surface area contributed by atoms with Crippen molar-refractivity contribution in [3.05, 3.63) is 24.3 Å². The molecule has 1 aliphatic carbocycles. The fourth-order valence-corrected chi connectivity index (χ4v) is 2.35. The van der Waals surface area contributed by atoms with Gasteiger partial charge in [0, 0.05) is 18.4 Å². The van der Waals surface area contributed by atoms with Crippen molar-refractivity contribution in [2.45, 2.75) is 51.6 Å². The fourth-order valence-electron chi connectivity index (χ4n) is 2.35. The summed E-state index contributed by atoms with van der Waals surface area (Å²) in [7, 11) is 0. The maximum Gasteiger partial charge on any atom is 0.141 e. The van der Waals surface area contributed by atoms with E-state index in [4.69, 9.17) is 0 Å². The Morgan fingerprint density at radius 1 is 1.19 bits per heavy atom. The summed E-state index contributed by atoms with van der Waals surface area (Å²) in [5.41, 5.74) is 0. The largest absolute Gasteiger partial charge is 0.307 e. The van der Waals surface area contributed by atoms with Crippen LogP contribution in [0.2, 0.25) is 0 Å². The Kier molecular flexibility index (Phi) is 4.28. The van der Waals surface area contributed by atoms with Gasteiger partial charge in [-0.05, 0) is 31.2 Å². The highest BCUT2D eigenvalue weighted by atomic mass is 15.0. The third kappa shape index (κ3) is 3.56. The van der Waals surface area contributed by atoms with Gasteiger partial charge in [-0.2, -0.15) is 0 Å². The van der Waals surface area contributed by atoms with Crippen LogP contribution >= 0.6 is 0 Å². The Balaban J connectivity index is 1.77. The molecule has 1 heterocycles. The average Bonchev–Trinajstić information content (AvgIpc) is 2.53. The molecule has 3 heteroatoms. The van der Waals surface area contributed by atoms with Gasteiger partial charge in [-0.15, -0.1) is 0 Å². The molecule has 2 rings (SSSR count). The van der Waals surface area contributed by atoms with Gasteiger partial charge in [-0.25, -0.2) is 9.97 Å². The Morgan fingerprint density at radius 2 is 2.00 bits per heavy atom. The Hall–Kier alpha value is -0.960. The normalized spacial score (nSPS) is 26.3. The predicted molar refractivity (Wildman–Crippen MR) is 64.9 cm³/mol. The summed E-state index contributed by atoms with van der Waals surface area (Å²) < 4.78 is 0. The van der Waals surface area contributed by atoms with Crippen LogP contribution in [0.3, 0.4) is 0 Å². The molecule has 3 nitrogen and oxygen atoms in total.